The van der Waals surface area contributed by atoms with Crippen LogP contribution >= 0.6 is 23.5 Å². The molecule has 1 rings (SSSR count). The second-order valence-electron chi connectivity index (χ2n) is 3.58. The zero-order chi connectivity index (χ0) is 9.14. The number of rotatable bonds is 2. The summed E-state index contributed by atoms with van der Waals surface area (Å²) in [6, 6.07) is 0. The van der Waals surface area contributed by atoms with Gasteiger partial charge < -0.3 is 0 Å². The first kappa shape index (κ1) is 10.8. The van der Waals surface area contributed by atoms with Crippen molar-refractivity contribution in [2.24, 2.45) is 0 Å². The molecule has 12 heavy (non-hydrogen) atoms. The highest BCUT2D eigenvalue weighted by atomic mass is 32.2. The number of hydrogen-bond donors (Lipinski definition) is 0. The van der Waals surface area contributed by atoms with Crippen LogP contribution in [0, 0.1) is 0 Å². The third-order valence-corrected chi connectivity index (χ3v) is 6.70. The summed E-state index contributed by atoms with van der Waals surface area (Å²) in [4.78, 5) is 0. The van der Waals surface area contributed by atoms with Crippen LogP contribution in [0.15, 0.2) is 0 Å². The van der Waals surface area contributed by atoms with Crippen LogP contribution in [0.5, 0.6) is 0 Å². The minimum atomic E-state index is 0.850. The highest BCUT2D eigenvalue weighted by molar-refractivity contribution is 8.07. The molecule has 0 bridgehead atoms. The molecule has 0 aromatic heterocycles. The molecule has 0 spiro atoms. The summed E-state index contributed by atoms with van der Waals surface area (Å²) >= 11 is 4.41. The molecular weight excluding hydrogens is 184 g/mol. The smallest absolute Gasteiger partial charge is 0.0166 e. The van der Waals surface area contributed by atoms with Crippen LogP contribution < -0.4 is 0 Å². The van der Waals surface area contributed by atoms with E-state index in [9.17, 15) is 0 Å². The molecule has 2 heteroatoms. The van der Waals surface area contributed by atoms with Crippen LogP contribution in [0.1, 0.15) is 40.5 Å². The normalized spacial score (nSPS) is 43.0. The standard InChI is InChI=1S/C10H20S2/c1-5-9-10(6-2)12-8(4)7(3)11-9/h7-10H,5-6H2,1-4H3/t7?,8?,9-,10+. The fraction of sp³-hybridized carbons (Fsp3) is 1.00. The molecule has 0 amide bonds. The van der Waals surface area contributed by atoms with Gasteiger partial charge in [-0.2, -0.15) is 23.5 Å². The summed E-state index contributed by atoms with van der Waals surface area (Å²) in [5, 5.41) is 3.52. The Balaban J connectivity index is 2.52. The lowest BCUT2D eigenvalue weighted by atomic mass is 10.2. The van der Waals surface area contributed by atoms with Crippen molar-refractivity contribution in [3.05, 3.63) is 0 Å². The second kappa shape index (κ2) is 4.80. The van der Waals surface area contributed by atoms with E-state index < -0.39 is 0 Å². The van der Waals surface area contributed by atoms with E-state index in [1.807, 2.05) is 0 Å². The Labute approximate surface area is 85.3 Å². The van der Waals surface area contributed by atoms with E-state index in [4.69, 9.17) is 0 Å². The zero-order valence-corrected chi connectivity index (χ0v) is 10.2. The minimum absolute atomic E-state index is 0.850. The molecule has 0 N–H and O–H groups in total. The van der Waals surface area contributed by atoms with Gasteiger partial charge in [0.1, 0.15) is 0 Å². The Bertz CT molecular complexity index is 120. The molecule has 1 heterocycles. The summed E-state index contributed by atoms with van der Waals surface area (Å²) in [5.41, 5.74) is 0. The molecule has 0 aromatic rings. The van der Waals surface area contributed by atoms with Crippen molar-refractivity contribution < 1.29 is 0 Å². The molecule has 1 aliphatic heterocycles. The van der Waals surface area contributed by atoms with Crippen molar-refractivity contribution in [3.8, 4) is 0 Å². The molecule has 0 aliphatic carbocycles. The molecule has 1 fully saturated rings. The van der Waals surface area contributed by atoms with Gasteiger partial charge in [-0.15, -0.1) is 0 Å². The maximum Gasteiger partial charge on any atom is 0.0166 e. The molecule has 4 atom stereocenters. The Morgan fingerprint density at radius 2 is 1.17 bits per heavy atom. The highest BCUT2D eigenvalue weighted by Crippen LogP contribution is 2.43. The van der Waals surface area contributed by atoms with Gasteiger partial charge in [0.2, 0.25) is 0 Å². The van der Waals surface area contributed by atoms with Crippen molar-refractivity contribution in [2.75, 3.05) is 0 Å². The summed E-state index contributed by atoms with van der Waals surface area (Å²) in [7, 11) is 0. The van der Waals surface area contributed by atoms with Gasteiger partial charge in [0, 0.05) is 21.0 Å². The topological polar surface area (TPSA) is 0 Å². The Morgan fingerprint density at radius 1 is 0.833 bits per heavy atom. The minimum Gasteiger partial charge on any atom is -0.153 e. The Kier molecular flexibility index (Phi) is 4.31. The predicted molar refractivity (Wildman–Crippen MR) is 62.3 cm³/mol. The average Bonchev–Trinajstić information content (AvgIpc) is 2.09. The van der Waals surface area contributed by atoms with E-state index in [-0.39, 0.29) is 0 Å². The van der Waals surface area contributed by atoms with Crippen LogP contribution in [-0.4, -0.2) is 21.0 Å². The number of hydrogen-bond acceptors (Lipinski definition) is 2. The molecule has 0 saturated carbocycles. The molecule has 0 aromatic carbocycles. The van der Waals surface area contributed by atoms with Gasteiger partial charge in [0.05, 0.1) is 0 Å². The van der Waals surface area contributed by atoms with Crippen molar-refractivity contribution in [1.82, 2.24) is 0 Å². The Hall–Kier alpha value is 0.700. The van der Waals surface area contributed by atoms with E-state index in [1.54, 1.807) is 0 Å². The first-order valence-corrected chi connectivity index (χ1v) is 6.88. The van der Waals surface area contributed by atoms with E-state index >= 15 is 0 Å². The molecule has 0 radical (unpaired) electrons. The lowest BCUT2D eigenvalue weighted by Gasteiger charge is -2.37. The summed E-state index contributed by atoms with van der Waals surface area (Å²) in [5.74, 6) is 0. The summed E-state index contributed by atoms with van der Waals surface area (Å²) in [6.45, 7) is 9.39. The van der Waals surface area contributed by atoms with Crippen LogP contribution in [0.3, 0.4) is 0 Å². The molecule has 72 valence electrons. The summed E-state index contributed by atoms with van der Waals surface area (Å²) < 4.78 is 0. The SMILES string of the molecule is CC[C@@H]1SC(C)C(C)S[C@@H]1CC. The molecule has 2 unspecified atom stereocenters. The van der Waals surface area contributed by atoms with Gasteiger partial charge in [-0.3, -0.25) is 0 Å². The van der Waals surface area contributed by atoms with Crippen LogP contribution in [0.4, 0.5) is 0 Å². The van der Waals surface area contributed by atoms with Gasteiger partial charge in [0.25, 0.3) is 0 Å². The van der Waals surface area contributed by atoms with Gasteiger partial charge >= 0.3 is 0 Å². The molecular formula is C10H20S2. The van der Waals surface area contributed by atoms with Crippen LogP contribution in [0.25, 0.3) is 0 Å². The van der Waals surface area contributed by atoms with Crippen LogP contribution in [-0.2, 0) is 0 Å². The first-order chi connectivity index (χ1) is 5.69. The van der Waals surface area contributed by atoms with Crippen molar-refractivity contribution in [3.63, 3.8) is 0 Å². The van der Waals surface area contributed by atoms with Crippen molar-refractivity contribution in [1.29, 1.82) is 0 Å². The predicted octanol–water partition coefficient (Wildman–Crippen LogP) is 3.80. The van der Waals surface area contributed by atoms with Gasteiger partial charge in [0.15, 0.2) is 0 Å². The molecule has 1 aliphatic rings. The van der Waals surface area contributed by atoms with Crippen LogP contribution in [0.2, 0.25) is 0 Å². The second-order valence-corrected chi connectivity index (χ2v) is 6.82. The fourth-order valence-corrected chi connectivity index (χ4v) is 5.10. The number of thioether (sulfide) groups is 2. The van der Waals surface area contributed by atoms with E-state index in [1.165, 1.54) is 12.8 Å². The van der Waals surface area contributed by atoms with Gasteiger partial charge in [-0.05, 0) is 12.8 Å². The van der Waals surface area contributed by atoms with E-state index in [0.717, 1.165) is 21.0 Å². The van der Waals surface area contributed by atoms with E-state index in [0.29, 0.717) is 0 Å². The third kappa shape index (κ3) is 2.35. The highest BCUT2D eigenvalue weighted by Gasteiger charge is 2.31. The fourth-order valence-electron chi connectivity index (χ4n) is 1.67. The van der Waals surface area contributed by atoms with Gasteiger partial charge in [-0.1, -0.05) is 27.7 Å². The van der Waals surface area contributed by atoms with Crippen molar-refractivity contribution in [2.45, 2.75) is 61.5 Å². The first-order valence-electron chi connectivity index (χ1n) is 4.99. The van der Waals surface area contributed by atoms with Gasteiger partial charge in [-0.25, -0.2) is 0 Å². The zero-order valence-electron chi connectivity index (χ0n) is 8.54. The summed E-state index contributed by atoms with van der Waals surface area (Å²) in [6.07, 6.45) is 2.68. The lowest BCUT2D eigenvalue weighted by Crippen LogP contribution is -2.32. The largest absolute Gasteiger partial charge is 0.153 e. The molecule has 0 nitrogen and oxygen atoms in total. The van der Waals surface area contributed by atoms with Crippen molar-refractivity contribution >= 4 is 23.5 Å². The molecule has 1 saturated heterocycles. The van der Waals surface area contributed by atoms with E-state index in [2.05, 4.69) is 51.2 Å². The third-order valence-electron chi connectivity index (χ3n) is 2.66. The monoisotopic (exact) mass is 204 g/mol. The maximum atomic E-state index is 2.37. The lowest BCUT2D eigenvalue weighted by molar-refractivity contribution is 0.711. The maximum absolute atomic E-state index is 2.37. The Morgan fingerprint density at radius 3 is 1.42 bits per heavy atom. The quantitative estimate of drug-likeness (QED) is 0.671. The average molecular weight is 204 g/mol.